The zero-order valence-corrected chi connectivity index (χ0v) is 10.3. The molecule has 2 aliphatic rings. The predicted molar refractivity (Wildman–Crippen MR) is 68.4 cm³/mol. The molecule has 2 heterocycles. The van der Waals surface area contributed by atoms with Crippen molar-refractivity contribution in [2.24, 2.45) is 0 Å². The minimum absolute atomic E-state index is 0.0221. The van der Waals surface area contributed by atoms with Crippen molar-refractivity contribution in [1.29, 1.82) is 0 Å². The van der Waals surface area contributed by atoms with Crippen LogP contribution in [0.2, 0.25) is 0 Å². The molecule has 4 nitrogen and oxygen atoms in total. The summed E-state index contributed by atoms with van der Waals surface area (Å²) in [5.74, 6) is -0.229. The van der Waals surface area contributed by atoms with Gasteiger partial charge in [0.05, 0.1) is 24.0 Å². The highest BCUT2D eigenvalue weighted by Gasteiger charge is 2.37. The van der Waals surface area contributed by atoms with Crippen LogP contribution in [-0.4, -0.2) is 38.1 Å². The van der Waals surface area contributed by atoms with Crippen LogP contribution in [0.5, 0.6) is 0 Å². The van der Waals surface area contributed by atoms with Crippen LogP contribution in [0.25, 0.3) is 0 Å². The summed E-state index contributed by atoms with van der Waals surface area (Å²) in [6.45, 7) is 4.52. The monoisotopic (exact) mass is 249 g/mol. The molecule has 0 aliphatic carbocycles. The van der Waals surface area contributed by atoms with E-state index >= 15 is 0 Å². The Bertz CT molecular complexity index is 491. The third-order valence-corrected chi connectivity index (χ3v) is 3.64. The van der Waals surface area contributed by atoms with Crippen LogP contribution in [0.3, 0.4) is 0 Å². The number of hydrogen-bond acceptors (Lipinski definition) is 3. The smallest absolute Gasteiger partial charge is 0.241 e. The lowest BCUT2D eigenvalue weighted by Crippen LogP contribution is -2.61. The summed E-state index contributed by atoms with van der Waals surface area (Å²) < 4.78 is 14.0. The van der Waals surface area contributed by atoms with Crippen molar-refractivity contribution in [3.05, 3.63) is 24.0 Å². The maximum Gasteiger partial charge on any atom is 0.241 e. The van der Waals surface area contributed by atoms with Crippen molar-refractivity contribution in [3.8, 4) is 0 Å². The van der Waals surface area contributed by atoms with E-state index in [1.54, 1.807) is 11.0 Å². The van der Waals surface area contributed by atoms with E-state index in [4.69, 9.17) is 0 Å². The summed E-state index contributed by atoms with van der Waals surface area (Å²) in [7, 11) is 0. The lowest BCUT2D eigenvalue weighted by molar-refractivity contribution is -0.119. The molecule has 3 rings (SSSR count). The van der Waals surface area contributed by atoms with Crippen LogP contribution < -0.4 is 15.1 Å². The summed E-state index contributed by atoms with van der Waals surface area (Å²) >= 11 is 0. The molecule has 1 fully saturated rings. The number of nitrogens with zero attached hydrogens (tertiary/aromatic N) is 2. The summed E-state index contributed by atoms with van der Waals surface area (Å²) in [4.78, 5) is 15.8. The first kappa shape index (κ1) is 11.5. The predicted octanol–water partition coefficient (Wildman–Crippen LogP) is 0.970. The SMILES string of the molecule is CCN1CC2CNCC(=O)N2c2cccc(F)c21. The van der Waals surface area contributed by atoms with E-state index in [1.165, 1.54) is 6.07 Å². The number of benzene rings is 1. The number of hydrogen-bond donors (Lipinski definition) is 1. The average molecular weight is 249 g/mol. The summed E-state index contributed by atoms with van der Waals surface area (Å²) in [6, 6.07) is 5.05. The Balaban J connectivity index is 2.13. The van der Waals surface area contributed by atoms with E-state index in [2.05, 4.69) is 5.32 Å². The van der Waals surface area contributed by atoms with Crippen molar-refractivity contribution >= 4 is 17.3 Å². The molecule has 0 radical (unpaired) electrons. The molecule has 18 heavy (non-hydrogen) atoms. The van der Waals surface area contributed by atoms with Gasteiger partial charge in [-0.2, -0.15) is 0 Å². The number of anilines is 2. The topological polar surface area (TPSA) is 35.6 Å². The number of piperazine rings is 1. The largest absolute Gasteiger partial charge is 0.366 e. The van der Waals surface area contributed by atoms with E-state index in [9.17, 15) is 9.18 Å². The molecule has 1 N–H and O–H groups in total. The highest BCUT2D eigenvalue weighted by molar-refractivity contribution is 6.00. The first-order valence-electron chi connectivity index (χ1n) is 6.28. The lowest BCUT2D eigenvalue weighted by atomic mass is 10.0. The fraction of sp³-hybridized carbons (Fsp3) is 0.462. The third kappa shape index (κ3) is 1.58. The molecule has 1 aromatic carbocycles. The molecule has 1 unspecified atom stereocenters. The van der Waals surface area contributed by atoms with E-state index in [-0.39, 0.29) is 17.8 Å². The highest BCUT2D eigenvalue weighted by atomic mass is 19.1. The van der Waals surface area contributed by atoms with Gasteiger partial charge in [0.25, 0.3) is 0 Å². The Kier molecular flexibility index (Phi) is 2.70. The van der Waals surface area contributed by atoms with E-state index < -0.39 is 0 Å². The van der Waals surface area contributed by atoms with Crippen LogP contribution in [0.1, 0.15) is 6.92 Å². The van der Waals surface area contributed by atoms with Gasteiger partial charge in [-0.05, 0) is 19.1 Å². The Morgan fingerprint density at radius 3 is 3.11 bits per heavy atom. The Morgan fingerprint density at radius 1 is 1.50 bits per heavy atom. The van der Waals surface area contributed by atoms with Gasteiger partial charge < -0.3 is 15.1 Å². The van der Waals surface area contributed by atoms with Crippen LogP contribution in [0.4, 0.5) is 15.8 Å². The number of rotatable bonds is 1. The van der Waals surface area contributed by atoms with Gasteiger partial charge in [0.15, 0.2) is 0 Å². The van der Waals surface area contributed by atoms with Gasteiger partial charge in [0.2, 0.25) is 5.91 Å². The zero-order valence-electron chi connectivity index (χ0n) is 10.3. The second-order valence-corrected chi connectivity index (χ2v) is 4.69. The molecule has 1 atom stereocenters. The molecular weight excluding hydrogens is 233 g/mol. The normalized spacial score (nSPS) is 22.8. The molecule has 1 amide bonds. The maximum atomic E-state index is 14.0. The summed E-state index contributed by atoms with van der Waals surface area (Å²) in [6.07, 6.45) is 0. The summed E-state index contributed by atoms with van der Waals surface area (Å²) in [5, 5.41) is 3.11. The first-order valence-corrected chi connectivity index (χ1v) is 6.28. The van der Waals surface area contributed by atoms with Crippen molar-refractivity contribution in [2.75, 3.05) is 36.0 Å². The van der Waals surface area contributed by atoms with Crippen LogP contribution >= 0.6 is 0 Å². The standard InChI is InChI=1S/C13H16FN3O/c1-2-16-8-9-6-15-7-12(18)17(9)11-5-3-4-10(14)13(11)16/h3-5,9,15H,2,6-8H2,1H3. The Morgan fingerprint density at radius 2 is 2.33 bits per heavy atom. The van der Waals surface area contributed by atoms with E-state index in [0.717, 1.165) is 13.1 Å². The minimum atomic E-state index is -0.251. The molecule has 96 valence electrons. The van der Waals surface area contributed by atoms with Crippen LogP contribution in [-0.2, 0) is 4.79 Å². The van der Waals surface area contributed by atoms with Gasteiger partial charge in [-0.15, -0.1) is 0 Å². The third-order valence-electron chi connectivity index (χ3n) is 3.64. The minimum Gasteiger partial charge on any atom is -0.366 e. The van der Waals surface area contributed by atoms with Crippen molar-refractivity contribution in [2.45, 2.75) is 13.0 Å². The number of halogens is 1. The van der Waals surface area contributed by atoms with E-state index in [1.807, 2.05) is 17.9 Å². The van der Waals surface area contributed by atoms with Crippen molar-refractivity contribution < 1.29 is 9.18 Å². The summed E-state index contributed by atoms with van der Waals surface area (Å²) in [5.41, 5.74) is 1.27. The zero-order chi connectivity index (χ0) is 12.7. The van der Waals surface area contributed by atoms with E-state index in [0.29, 0.717) is 24.5 Å². The number of amides is 1. The molecule has 0 spiro atoms. The number of carbonyl (C=O) groups is 1. The molecule has 1 saturated heterocycles. The van der Waals surface area contributed by atoms with Gasteiger partial charge in [-0.25, -0.2) is 4.39 Å². The average Bonchev–Trinajstić information content (AvgIpc) is 2.38. The van der Waals surface area contributed by atoms with Gasteiger partial charge in [-0.3, -0.25) is 4.79 Å². The number of nitrogens with one attached hydrogen (secondary N) is 1. The second-order valence-electron chi connectivity index (χ2n) is 4.69. The molecule has 0 aromatic heterocycles. The number of carbonyl (C=O) groups excluding carboxylic acids is 1. The highest BCUT2D eigenvalue weighted by Crippen LogP contribution is 2.37. The molecular formula is C13H16FN3O. The van der Waals surface area contributed by atoms with Crippen LogP contribution in [0.15, 0.2) is 18.2 Å². The number of likely N-dealkylation sites (N-methyl/N-ethyl adjacent to an activating group) is 1. The van der Waals surface area contributed by atoms with Gasteiger partial charge in [0.1, 0.15) is 5.82 Å². The molecule has 5 heteroatoms. The number of para-hydroxylation sites is 1. The van der Waals surface area contributed by atoms with Crippen molar-refractivity contribution in [3.63, 3.8) is 0 Å². The molecule has 0 bridgehead atoms. The maximum absolute atomic E-state index is 14.0. The lowest BCUT2D eigenvalue weighted by Gasteiger charge is -2.45. The Labute approximate surface area is 105 Å². The fourth-order valence-electron chi connectivity index (χ4n) is 2.85. The molecule has 2 aliphatic heterocycles. The van der Waals surface area contributed by atoms with Gasteiger partial charge in [-0.1, -0.05) is 6.07 Å². The van der Waals surface area contributed by atoms with Crippen LogP contribution in [0, 0.1) is 5.82 Å². The quantitative estimate of drug-likeness (QED) is 0.805. The molecule has 0 saturated carbocycles. The molecule has 1 aromatic rings. The van der Waals surface area contributed by atoms with Gasteiger partial charge >= 0.3 is 0 Å². The Hall–Kier alpha value is -1.62. The first-order chi connectivity index (χ1) is 8.72. The fourth-order valence-corrected chi connectivity index (χ4v) is 2.85. The number of fused-ring (bicyclic) bond motifs is 3. The van der Waals surface area contributed by atoms with Gasteiger partial charge in [0, 0.05) is 19.6 Å². The second kappa shape index (κ2) is 4.24. The van der Waals surface area contributed by atoms with Crippen molar-refractivity contribution in [1.82, 2.24) is 5.32 Å².